The molecule has 0 aliphatic carbocycles. The second-order valence-electron chi connectivity index (χ2n) is 3.69. The second-order valence-corrected chi connectivity index (χ2v) is 3.69. The molecule has 0 bridgehead atoms. The van der Waals surface area contributed by atoms with Crippen molar-refractivity contribution in [2.75, 3.05) is 7.11 Å². The van der Waals surface area contributed by atoms with E-state index in [1.54, 1.807) is 42.5 Å². The molecule has 18 heavy (non-hydrogen) atoms. The molecule has 0 saturated carbocycles. The predicted molar refractivity (Wildman–Crippen MR) is 69.3 cm³/mol. The maximum absolute atomic E-state index is 9.89. The first kappa shape index (κ1) is 12.3. The lowest BCUT2D eigenvalue weighted by atomic mass is 9.79. The van der Waals surface area contributed by atoms with Crippen LogP contribution < -0.4 is 14.9 Å². The van der Waals surface area contributed by atoms with Gasteiger partial charge in [-0.25, -0.2) is 0 Å². The molecule has 0 amide bonds. The minimum Gasteiger partial charge on any atom is -0.530 e. The first-order valence-electron chi connectivity index (χ1n) is 5.48. The maximum Gasteiger partial charge on any atom is 0.560 e. The highest BCUT2D eigenvalue weighted by Crippen LogP contribution is 2.35. The summed E-state index contributed by atoms with van der Waals surface area (Å²) in [6.45, 7) is 0. The van der Waals surface area contributed by atoms with E-state index in [1.807, 2.05) is 6.07 Å². The van der Waals surface area contributed by atoms with E-state index in [0.717, 1.165) is 0 Å². The highest BCUT2D eigenvalue weighted by molar-refractivity contribution is 6.60. The zero-order valence-corrected chi connectivity index (χ0v) is 9.91. The molecule has 2 aromatic rings. The van der Waals surface area contributed by atoms with Gasteiger partial charge in [-0.15, -0.1) is 0 Å². The first-order chi connectivity index (χ1) is 8.72. The summed E-state index contributed by atoms with van der Waals surface area (Å²) in [6, 6.07) is 13.8. The number of methoxy groups -OCH3 is 1. The molecule has 0 aliphatic rings. The van der Waals surface area contributed by atoms with E-state index in [2.05, 4.69) is 0 Å². The smallest absolute Gasteiger partial charge is 0.530 e. The third-order valence-electron chi connectivity index (χ3n) is 2.51. The number of hydrogen-bond acceptors (Lipinski definition) is 4. The van der Waals surface area contributed by atoms with Crippen molar-refractivity contribution in [1.29, 1.82) is 0 Å². The van der Waals surface area contributed by atoms with Gasteiger partial charge in [-0.2, -0.15) is 0 Å². The topological polar surface area (TPSA) is 58.9 Å². The van der Waals surface area contributed by atoms with Gasteiger partial charge in [-0.05, 0) is 17.6 Å². The van der Waals surface area contributed by atoms with Gasteiger partial charge in [0.2, 0.25) is 0 Å². The number of ether oxygens (including phenoxy) is 1. The fourth-order valence-electron chi connectivity index (χ4n) is 1.57. The summed E-state index contributed by atoms with van der Waals surface area (Å²) in [5.74, 6) is 0.341. The van der Waals surface area contributed by atoms with Crippen LogP contribution in [0.4, 0.5) is 0 Å². The molecule has 0 aromatic heterocycles. The maximum atomic E-state index is 9.89. The quantitative estimate of drug-likeness (QED) is 0.792. The van der Waals surface area contributed by atoms with Crippen LogP contribution in [0, 0.1) is 0 Å². The first-order valence-corrected chi connectivity index (χ1v) is 5.48. The molecule has 0 saturated heterocycles. The van der Waals surface area contributed by atoms with E-state index in [9.17, 15) is 10.1 Å². The van der Waals surface area contributed by atoms with Crippen LogP contribution >= 0.6 is 0 Å². The standard InChI is InChI=1S/C13H13BO4/c1-17-11-8-5-9-12(13(11)15)18-14(16)10-6-3-2-4-7-10/h2-9,15-16H,1H3. The molecule has 0 spiro atoms. The molecule has 0 atom stereocenters. The van der Waals surface area contributed by atoms with Crippen LogP contribution in [0.25, 0.3) is 0 Å². The van der Waals surface area contributed by atoms with Crippen molar-refractivity contribution in [2.45, 2.75) is 0 Å². The summed E-state index contributed by atoms with van der Waals surface area (Å²) in [5.41, 5.74) is 0.611. The van der Waals surface area contributed by atoms with Gasteiger partial charge < -0.3 is 19.5 Å². The van der Waals surface area contributed by atoms with Crippen LogP contribution in [-0.2, 0) is 0 Å². The second kappa shape index (κ2) is 5.47. The van der Waals surface area contributed by atoms with Gasteiger partial charge >= 0.3 is 7.12 Å². The molecule has 2 aromatic carbocycles. The SMILES string of the molecule is COc1cccc(OB(O)c2ccccc2)c1O. The number of benzene rings is 2. The van der Waals surface area contributed by atoms with Crippen molar-refractivity contribution in [3.05, 3.63) is 48.5 Å². The number of hydrogen-bond donors (Lipinski definition) is 2. The normalized spacial score (nSPS) is 9.89. The van der Waals surface area contributed by atoms with Gasteiger partial charge in [0, 0.05) is 0 Å². The molecule has 0 unspecified atom stereocenters. The van der Waals surface area contributed by atoms with Crippen molar-refractivity contribution in [2.24, 2.45) is 0 Å². The Morgan fingerprint density at radius 3 is 2.28 bits per heavy atom. The van der Waals surface area contributed by atoms with Crippen LogP contribution in [-0.4, -0.2) is 24.4 Å². The minimum atomic E-state index is -1.13. The summed E-state index contributed by atoms with van der Waals surface area (Å²) in [5, 5.41) is 19.7. The third kappa shape index (κ3) is 2.57. The Kier molecular flexibility index (Phi) is 3.74. The molecule has 0 fully saturated rings. The Morgan fingerprint density at radius 2 is 1.61 bits per heavy atom. The highest BCUT2D eigenvalue weighted by Gasteiger charge is 2.20. The van der Waals surface area contributed by atoms with Gasteiger partial charge in [0.15, 0.2) is 11.5 Å². The van der Waals surface area contributed by atoms with Crippen LogP contribution in [0.3, 0.4) is 0 Å². The number of para-hydroxylation sites is 1. The predicted octanol–water partition coefficient (Wildman–Crippen LogP) is 1.17. The van der Waals surface area contributed by atoms with Gasteiger partial charge in [0.05, 0.1) is 7.11 Å². The lowest BCUT2D eigenvalue weighted by Crippen LogP contribution is -2.36. The summed E-state index contributed by atoms with van der Waals surface area (Å²) in [7, 11) is 0.316. The summed E-state index contributed by atoms with van der Waals surface area (Å²) < 4.78 is 10.3. The number of phenolic OH excluding ortho intramolecular Hbond substituents is 1. The molecule has 92 valence electrons. The zero-order valence-electron chi connectivity index (χ0n) is 9.91. The Morgan fingerprint density at radius 1 is 0.944 bits per heavy atom. The van der Waals surface area contributed by atoms with E-state index < -0.39 is 7.12 Å². The summed E-state index contributed by atoms with van der Waals surface area (Å²) in [4.78, 5) is 0. The van der Waals surface area contributed by atoms with E-state index in [0.29, 0.717) is 11.2 Å². The fraction of sp³-hybridized carbons (Fsp3) is 0.0769. The van der Waals surface area contributed by atoms with E-state index >= 15 is 0 Å². The number of aromatic hydroxyl groups is 1. The Hall–Kier alpha value is -2.14. The van der Waals surface area contributed by atoms with Gasteiger partial charge in [0.1, 0.15) is 5.75 Å². The largest absolute Gasteiger partial charge is 0.560 e. The van der Waals surface area contributed by atoms with Crippen molar-refractivity contribution in [1.82, 2.24) is 0 Å². The van der Waals surface area contributed by atoms with Crippen molar-refractivity contribution >= 4 is 12.6 Å². The molecule has 0 heterocycles. The molecule has 0 aliphatic heterocycles. The minimum absolute atomic E-state index is 0.130. The number of rotatable bonds is 4. The van der Waals surface area contributed by atoms with E-state index in [-0.39, 0.29) is 11.5 Å². The van der Waals surface area contributed by atoms with Crippen molar-refractivity contribution in [3.8, 4) is 17.2 Å². The summed E-state index contributed by atoms with van der Waals surface area (Å²) >= 11 is 0. The third-order valence-corrected chi connectivity index (χ3v) is 2.51. The molecular weight excluding hydrogens is 231 g/mol. The molecule has 2 rings (SSSR count). The van der Waals surface area contributed by atoms with Crippen LogP contribution in [0.1, 0.15) is 0 Å². The molecular formula is C13H13BO4. The average Bonchev–Trinajstić information content (AvgIpc) is 2.42. The van der Waals surface area contributed by atoms with Gasteiger partial charge in [0.25, 0.3) is 0 Å². The number of phenols is 1. The molecule has 0 radical (unpaired) electrons. The van der Waals surface area contributed by atoms with E-state index in [4.69, 9.17) is 9.39 Å². The Labute approximate surface area is 106 Å². The summed E-state index contributed by atoms with van der Waals surface area (Å²) in [6.07, 6.45) is 0. The lowest BCUT2D eigenvalue weighted by molar-refractivity contribution is 0.354. The average molecular weight is 244 g/mol. The molecule has 4 nitrogen and oxygen atoms in total. The highest BCUT2D eigenvalue weighted by atomic mass is 16.5. The monoisotopic (exact) mass is 244 g/mol. The Bertz CT molecular complexity index is 516. The van der Waals surface area contributed by atoms with Gasteiger partial charge in [-0.1, -0.05) is 36.4 Å². The van der Waals surface area contributed by atoms with Crippen molar-refractivity contribution in [3.63, 3.8) is 0 Å². The Balaban J connectivity index is 2.19. The molecule has 2 N–H and O–H groups in total. The van der Waals surface area contributed by atoms with Crippen molar-refractivity contribution < 1.29 is 19.5 Å². The molecule has 5 heteroatoms. The van der Waals surface area contributed by atoms with Gasteiger partial charge in [-0.3, -0.25) is 0 Å². The van der Waals surface area contributed by atoms with Crippen LogP contribution in [0.5, 0.6) is 17.2 Å². The lowest BCUT2D eigenvalue weighted by Gasteiger charge is -2.13. The fourth-order valence-corrected chi connectivity index (χ4v) is 1.57. The van der Waals surface area contributed by atoms with Crippen LogP contribution in [0.15, 0.2) is 48.5 Å². The van der Waals surface area contributed by atoms with E-state index in [1.165, 1.54) is 7.11 Å². The van der Waals surface area contributed by atoms with Crippen LogP contribution in [0.2, 0.25) is 0 Å². The zero-order chi connectivity index (χ0) is 13.0.